The topological polar surface area (TPSA) is 726 Å². The average molecular weight is 1770 g/mol. The molecule has 0 saturated carbocycles. The van der Waals surface area contributed by atoms with Gasteiger partial charge in [-0.05, 0) is 138 Å². The Hall–Kier alpha value is -11.6. The fourth-order valence-electron chi connectivity index (χ4n) is 13.1. The molecule has 0 saturated heterocycles. The first-order chi connectivity index (χ1) is 58.5. The molecule has 125 heavy (non-hydrogen) atoms. The van der Waals surface area contributed by atoms with Crippen molar-refractivity contribution in [3.8, 4) is 0 Å². The van der Waals surface area contributed by atoms with Crippen LogP contribution in [0.5, 0.6) is 0 Å². The average Bonchev–Trinajstić information content (AvgIpc) is 1.70. The smallest absolute Gasteiger partial charge is 0.326 e. The van der Waals surface area contributed by atoms with Gasteiger partial charge in [0.2, 0.25) is 100 Å². The van der Waals surface area contributed by atoms with Crippen molar-refractivity contribution < 1.29 is 96.5 Å². The third-order valence-corrected chi connectivity index (χ3v) is 20.6. The highest BCUT2D eigenvalue weighted by atomic mass is 16.4. The predicted octanol–water partition coefficient (Wildman–Crippen LogP) is -4.19. The number of nitrogens with one attached hydrogen (secondary N) is 15. The number of guanidine groups is 1. The highest BCUT2D eigenvalue weighted by molar-refractivity contribution is 6.01. The molecule has 0 fully saturated rings. The minimum Gasteiger partial charge on any atom is -0.480 e. The number of aliphatic hydroxyl groups is 1. The molecule has 702 valence electrons. The van der Waals surface area contributed by atoms with Crippen LogP contribution in [-0.4, -0.2) is 238 Å². The molecular weight excluding hydrogens is 1630 g/mol. The summed E-state index contributed by atoms with van der Waals surface area (Å²) in [6, 6.07) is -13.4. The number of nitrogens with zero attached hydrogens (tertiary/aromatic N) is 1. The van der Waals surface area contributed by atoms with E-state index in [1.165, 1.54) is 13.8 Å². The van der Waals surface area contributed by atoms with Gasteiger partial charge in [0.05, 0.1) is 18.7 Å². The van der Waals surface area contributed by atoms with Gasteiger partial charge in [0.15, 0.2) is 5.96 Å². The minimum absolute atomic E-state index is 0.00775. The summed E-state index contributed by atoms with van der Waals surface area (Å²) in [6.45, 7) is 22.1. The normalized spacial score (nSPS) is 15.4. The second-order valence-corrected chi connectivity index (χ2v) is 33.3. The van der Waals surface area contributed by atoms with Gasteiger partial charge in [-0.25, -0.2) is 4.79 Å². The number of aliphatic carboxylic acids is 1. The molecule has 0 aliphatic rings. The van der Waals surface area contributed by atoms with Crippen LogP contribution in [-0.2, 0) is 92.7 Å². The lowest BCUT2D eigenvalue weighted by molar-refractivity contribution is -0.144. The third kappa shape index (κ3) is 40.3. The van der Waals surface area contributed by atoms with Crippen LogP contribution < -0.4 is 115 Å². The van der Waals surface area contributed by atoms with Crippen LogP contribution in [0.1, 0.15) is 205 Å². The monoisotopic (exact) mass is 1770 g/mol. The summed E-state index contributed by atoms with van der Waals surface area (Å²) in [5.41, 5.74) is 40.5. The lowest BCUT2D eigenvalue weighted by Crippen LogP contribution is -2.62. The Bertz CT molecular complexity index is 4000. The van der Waals surface area contributed by atoms with E-state index in [0.29, 0.717) is 29.3 Å². The molecule has 0 aliphatic heterocycles. The Morgan fingerprint density at radius 3 is 1.27 bits per heavy atom. The number of hydrogen-bond donors (Lipinski definition) is 24. The van der Waals surface area contributed by atoms with E-state index in [2.05, 4.69) is 84.4 Å². The number of carboxylic acid groups (broad SMARTS) is 1. The Morgan fingerprint density at radius 2 is 0.808 bits per heavy atom. The third-order valence-electron chi connectivity index (χ3n) is 20.6. The first-order valence-electron chi connectivity index (χ1n) is 42.6. The van der Waals surface area contributed by atoms with E-state index >= 15 is 0 Å². The van der Waals surface area contributed by atoms with E-state index < -0.39 is 247 Å². The van der Waals surface area contributed by atoms with E-state index in [-0.39, 0.29) is 107 Å². The number of H-pyrrole nitrogens is 1. The highest BCUT2D eigenvalue weighted by Gasteiger charge is 2.40. The van der Waals surface area contributed by atoms with Crippen molar-refractivity contribution in [2.24, 2.45) is 80.6 Å². The zero-order chi connectivity index (χ0) is 94.8. The molecule has 43 nitrogen and oxygen atoms in total. The molecule has 0 spiro atoms. The number of hydrogen-bond acceptors (Lipinski definition) is 22. The largest absolute Gasteiger partial charge is 0.480 e. The SMILES string of the molecule is CC[C@H](C)[C@H](NC(=O)[C@H](CCCN=C(N)N)NC(=O)[C@H](C)NC(=O)[C@H](CCC(N)=O)NC(=O)[C@H](CC(C)C)NC(=O)[C@H](CCC(N)=O)NC(=O)[C@H](CCCCN)NC(=O)[C@@H](NC(=O)CNC(=O)[C@H](Cc1c[nH]c2ccccc12)NC(=O)[C@@H](NC(=O)[C@@H](NC(=O)[C@H](CC(C)C)NC(=O)[C@H](CCC(N)=O)NC(=O)[C@@H](N)CC(C)C)[C@@H](C)O)C(C)C)[C@@H](C)CC)C(=O)O. The van der Waals surface area contributed by atoms with Gasteiger partial charge in [0.1, 0.15) is 78.5 Å². The second-order valence-electron chi connectivity index (χ2n) is 33.3. The fourth-order valence-corrected chi connectivity index (χ4v) is 13.1. The predicted molar refractivity (Wildman–Crippen MR) is 463 cm³/mol. The van der Waals surface area contributed by atoms with E-state index in [9.17, 15) is 96.5 Å². The maximum Gasteiger partial charge on any atom is 0.326 e. The Labute approximate surface area is 729 Å². The second kappa shape index (κ2) is 55.6. The molecule has 17 amide bonds. The number of nitrogens with two attached hydrogens (primary N) is 7. The number of aromatic nitrogens is 1. The maximum absolute atomic E-state index is 14.6. The van der Waals surface area contributed by atoms with Gasteiger partial charge >= 0.3 is 5.97 Å². The molecule has 17 atom stereocenters. The van der Waals surface area contributed by atoms with E-state index in [1.807, 2.05) is 13.8 Å². The van der Waals surface area contributed by atoms with Crippen molar-refractivity contribution in [2.75, 3.05) is 19.6 Å². The maximum atomic E-state index is 14.6. The van der Waals surface area contributed by atoms with Gasteiger partial charge in [-0.15, -0.1) is 0 Å². The van der Waals surface area contributed by atoms with Crippen LogP contribution in [0.15, 0.2) is 35.5 Å². The first-order valence-corrected chi connectivity index (χ1v) is 42.6. The summed E-state index contributed by atoms with van der Waals surface area (Å²) in [5, 5.41) is 57.3. The molecule has 0 bridgehead atoms. The number of carboxylic acids is 1. The number of primary amides is 3. The molecule has 0 radical (unpaired) electrons. The Kier molecular flexibility index (Phi) is 48.7. The first kappa shape index (κ1) is 109. The van der Waals surface area contributed by atoms with E-state index in [1.54, 1.807) is 99.7 Å². The van der Waals surface area contributed by atoms with Crippen molar-refractivity contribution in [1.82, 2.24) is 79.4 Å². The highest BCUT2D eigenvalue weighted by Crippen LogP contribution is 2.21. The number of unbranched alkanes of at least 4 members (excludes halogenated alkanes) is 1. The molecule has 1 aromatic heterocycles. The number of amides is 17. The van der Waals surface area contributed by atoms with Crippen LogP contribution in [0.25, 0.3) is 10.9 Å². The number of carbonyl (C=O) groups excluding carboxylic acids is 17. The molecule has 2 aromatic rings. The minimum atomic E-state index is -1.78. The number of para-hydroxylation sites is 1. The van der Waals surface area contributed by atoms with Crippen molar-refractivity contribution in [2.45, 2.75) is 297 Å². The summed E-state index contributed by atoms with van der Waals surface area (Å²) in [7, 11) is 0. The van der Waals surface area contributed by atoms with Gasteiger partial charge < -0.3 is 130 Å². The standard InChI is InChI=1S/C82H139N23O20/c1-15-44(11)65(102-63(110)39-92-70(113)59(37-48-38-91-51-23-18-17-22-49(48)51)101-78(121)64(43(9)10)103-80(123)67(47(14)106)105-77(120)58(36-42(7)8)100-73(116)55(27-30-61(86)108)95-69(112)50(84)34-40(3)4)79(122)98-52(24-19-20-32-83)72(115)96-56(28-31-62(87)109)74(117)99-57(35-41(5)6)76(119)97-54(26-29-60(85)107)71(114)93-46(13)68(111)94-53(25-21-33-90-82(88)89)75(118)104-66(81(124)125)45(12)16-2/h17-18,22-23,38,40-47,50,52-59,64-67,91,106H,15-16,19-21,24-37,39,83-84H2,1-14H3,(H2,85,107)(H2,86,108)(H2,87,109)(H,92,113)(H,93,114)(H,94,111)(H,95,112)(H,96,115)(H,97,119)(H,98,122)(H,99,117)(H,100,116)(H,101,121)(H,102,110)(H,103,123)(H,104,118)(H,105,120)(H,124,125)(H4,88,89,90)/t44-,45-,46-,47+,50-,52-,53-,54-,55-,56-,57-,58-,59-,64-,65-,66-,67-/m0/s1. The van der Waals surface area contributed by atoms with Crippen molar-refractivity contribution in [1.29, 1.82) is 0 Å². The van der Waals surface area contributed by atoms with Gasteiger partial charge in [-0.3, -0.25) is 86.5 Å². The lowest BCUT2D eigenvalue weighted by Gasteiger charge is -2.30. The van der Waals surface area contributed by atoms with E-state index in [4.69, 9.17) is 40.1 Å². The number of aliphatic hydroxyl groups excluding tert-OH is 1. The summed E-state index contributed by atoms with van der Waals surface area (Å²) in [4.78, 5) is 254. The number of benzene rings is 1. The van der Waals surface area contributed by atoms with Crippen LogP contribution >= 0.6 is 0 Å². The fraction of sp³-hybridized carbons (Fsp3) is 0.671. The molecule has 31 N–H and O–H groups in total. The number of aromatic amines is 1. The van der Waals surface area contributed by atoms with Crippen molar-refractivity contribution in [3.05, 3.63) is 36.0 Å². The molecule has 1 aromatic carbocycles. The van der Waals surface area contributed by atoms with Gasteiger partial charge in [-0.1, -0.05) is 114 Å². The number of fused-ring (bicyclic) bond motifs is 1. The Balaban J connectivity index is 2.52. The van der Waals surface area contributed by atoms with Crippen LogP contribution in [0.2, 0.25) is 0 Å². The van der Waals surface area contributed by atoms with Gasteiger partial charge in [-0.2, -0.15) is 0 Å². The Morgan fingerprint density at radius 1 is 0.416 bits per heavy atom. The number of aliphatic imine (C=N–C) groups is 1. The van der Waals surface area contributed by atoms with Crippen molar-refractivity contribution in [3.63, 3.8) is 0 Å². The quantitative estimate of drug-likeness (QED) is 0.0170. The van der Waals surface area contributed by atoms with E-state index in [0.717, 1.165) is 0 Å². The molecule has 2 rings (SSSR count). The molecular formula is C82H139N23O20. The summed E-state index contributed by atoms with van der Waals surface area (Å²) in [5.74, 6) is -19.9. The van der Waals surface area contributed by atoms with Crippen LogP contribution in [0.3, 0.4) is 0 Å². The number of carbonyl (C=O) groups is 18. The summed E-state index contributed by atoms with van der Waals surface area (Å²) < 4.78 is 0. The summed E-state index contributed by atoms with van der Waals surface area (Å²) in [6.07, 6.45) is -1.55. The summed E-state index contributed by atoms with van der Waals surface area (Å²) >= 11 is 0. The molecule has 0 unspecified atom stereocenters. The zero-order valence-electron chi connectivity index (χ0n) is 74.4. The van der Waals surface area contributed by atoms with Crippen LogP contribution in [0.4, 0.5) is 0 Å². The van der Waals surface area contributed by atoms with Gasteiger partial charge in [0.25, 0.3) is 0 Å². The number of rotatable bonds is 60. The molecule has 1 heterocycles. The molecule has 0 aliphatic carbocycles. The lowest BCUT2D eigenvalue weighted by atomic mass is 9.97. The van der Waals surface area contributed by atoms with Crippen LogP contribution in [0, 0.1) is 35.5 Å². The molecule has 43 heteroatoms. The van der Waals surface area contributed by atoms with Gasteiger partial charge in [0, 0.05) is 49.3 Å². The van der Waals surface area contributed by atoms with Crippen molar-refractivity contribution >= 4 is 123 Å². The zero-order valence-corrected chi connectivity index (χ0v) is 74.4.